The Bertz CT molecular complexity index is 526. The SMILES string of the molecule is CC(C)Oc1ccc2oc(=O)ccc2c1. The molecular formula is C12H12O3. The average Bonchev–Trinajstić information content (AvgIpc) is 2.17. The molecule has 15 heavy (non-hydrogen) atoms. The molecule has 1 heterocycles. The second-order valence-corrected chi connectivity index (χ2v) is 3.62. The Labute approximate surface area is 87.3 Å². The number of fused-ring (bicyclic) bond motifs is 1. The largest absolute Gasteiger partial charge is 0.491 e. The van der Waals surface area contributed by atoms with E-state index in [2.05, 4.69) is 0 Å². The minimum absolute atomic E-state index is 0.137. The summed E-state index contributed by atoms with van der Waals surface area (Å²) < 4.78 is 10.5. The van der Waals surface area contributed by atoms with Gasteiger partial charge in [0.05, 0.1) is 6.10 Å². The maximum Gasteiger partial charge on any atom is 0.336 e. The van der Waals surface area contributed by atoms with E-state index in [1.807, 2.05) is 19.9 Å². The maximum atomic E-state index is 10.9. The summed E-state index contributed by atoms with van der Waals surface area (Å²) in [4.78, 5) is 10.9. The molecule has 1 aromatic carbocycles. The zero-order valence-electron chi connectivity index (χ0n) is 8.69. The second-order valence-electron chi connectivity index (χ2n) is 3.62. The van der Waals surface area contributed by atoms with Crippen molar-refractivity contribution in [3.63, 3.8) is 0 Å². The van der Waals surface area contributed by atoms with Crippen molar-refractivity contribution < 1.29 is 9.15 Å². The Hall–Kier alpha value is -1.77. The third-order valence-corrected chi connectivity index (χ3v) is 1.96. The van der Waals surface area contributed by atoms with E-state index in [1.54, 1.807) is 18.2 Å². The third kappa shape index (κ3) is 2.18. The van der Waals surface area contributed by atoms with E-state index >= 15 is 0 Å². The number of ether oxygens (including phenoxy) is 1. The Morgan fingerprint density at radius 1 is 1.20 bits per heavy atom. The van der Waals surface area contributed by atoms with Gasteiger partial charge in [0.1, 0.15) is 11.3 Å². The molecule has 3 heteroatoms. The van der Waals surface area contributed by atoms with Gasteiger partial charge in [-0.1, -0.05) is 0 Å². The molecule has 0 saturated carbocycles. The van der Waals surface area contributed by atoms with Gasteiger partial charge in [-0.2, -0.15) is 0 Å². The highest BCUT2D eigenvalue weighted by Crippen LogP contribution is 2.20. The molecule has 0 aliphatic rings. The van der Waals surface area contributed by atoms with Crippen LogP contribution in [-0.2, 0) is 0 Å². The standard InChI is InChI=1S/C12H12O3/c1-8(2)14-10-4-5-11-9(7-10)3-6-12(13)15-11/h3-8H,1-2H3. The quantitative estimate of drug-likeness (QED) is 0.706. The van der Waals surface area contributed by atoms with Crippen LogP contribution in [0, 0.1) is 0 Å². The van der Waals surface area contributed by atoms with Crippen LogP contribution in [0.25, 0.3) is 11.0 Å². The smallest absolute Gasteiger partial charge is 0.336 e. The molecule has 0 unspecified atom stereocenters. The van der Waals surface area contributed by atoms with Crippen LogP contribution < -0.4 is 10.4 Å². The highest BCUT2D eigenvalue weighted by atomic mass is 16.5. The number of benzene rings is 1. The molecule has 0 bridgehead atoms. The molecule has 2 aromatic rings. The van der Waals surface area contributed by atoms with Gasteiger partial charge in [-0.25, -0.2) is 4.79 Å². The van der Waals surface area contributed by atoms with E-state index in [4.69, 9.17) is 9.15 Å². The number of rotatable bonds is 2. The monoisotopic (exact) mass is 204 g/mol. The molecule has 0 spiro atoms. The van der Waals surface area contributed by atoms with Crippen LogP contribution in [0.4, 0.5) is 0 Å². The van der Waals surface area contributed by atoms with Crippen molar-refractivity contribution in [3.05, 3.63) is 40.8 Å². The first kappa shape index (κ1) is 9.77. The van der Waals surface area contributed by atoms with Crippen LogP contribution in [0.3, 0.4) is 0 Å². The van der Waals surface area contributed by atoms with Crippen LogP contribution in [0.15, 0.2) is 39.5 Å². The molecule has 78 valence electrons. The Kier molecular flexibility index (Phi) is 2.46. The minimum atomic E-state index is -0.333. The van der Waals surface area contributed by atoms with E-state index in [9.17, 15) is 4.79 Å². The first-order valence-electron chi connectivity index (χ1n) is 4.86. The van der Waals surface area contributed by atoms with Crippen molar-refractivity contribution in [2.24, 2.45) is 0 Å². The fourth-order valence-corrected chi connectivity index (χ4v) is 1.40. The van der Waals surface area contributed by atoms with Gasteiger partial charge in [0.25, 0.3) is 0 Å². The van der Waals surface area contributed by atoms with E-state index in [1.165, 1.54) is 6.07 Å². The Balaban J connectivity index is 2.47. The summed E-state index contributed by atoms with van der Waals surface area (Å²) in [5.74, 6) is 0.784. The predicted molar refractivity (Wildman–Crippen MR) is 58.2 cm³/mol. The fraction of sp³-hybridized carbons (Fsp3) is 0.250. The van der Waals surface area contributed by atoms with Gasteiger partial charge in [0.2, 0.25) is 0 Å². The fourth-order valence-electron chi connectivity index (χ4n) is 1.40. The van der Waals surface area contributed by atoms with Crippen LogP contribution in [-0.4, -0.2) is 6.10 Å². The van der Waals surface area contributed by atoms with E-state index < -0.39 is 0 Å². The summed E-state index contributed by atoms with van der Waals surface area (Å²) in [6, 6.07) is 8.54. The van der Waals surface area contributed by atoms with E-state index in [0.29, 0.717) is 5.58 Å². The molecule has 0 saturated heterocycles. The van der Waals surface area contributed by atoms with Gasteiger partial charge >= 0.3 is 5.63 Å². The van der Waals surface area contributed by atoms with Crippen LogP contribution in [0.5, 0.6) is 5.75 Å². The van der Waals surface area contributed by atoms with Gasteiger partial charge in [-0.3, -0.25) is 0 Å². The molecule has 0 aliphatic carbocycles. The lowest BCUT2D eigenvalue weighted by Gasteiger charge is -2.09. The lowest BCUT2D eigenvalue weighted by atomic mass is 10.2. The molecule has 0 N–H and O–H groups in total. The summed E-state index contributed by atoms with van der Waals surface area (Å²) in [6.45, 7) is 3.94. The molecular weight excluding hydrogens is 192 g/mol. The molecule has 0 fully saturated rings. The third-order valence-electron chi connectivity index (χ3n) is 1.96. The predicted octanol–water partition coefficient (Wildman–Crippen LogP) is 2.58. The summed E-state index contributed by atoms with van der Waals surface area (Å²) in [5.41, 5.74) is 0.249. The van der Waals surface area contributed by atoms with Gasteiger partial charge in [0, 0.05) is 11.5 Å². The van der Waals surface area contributed by atoms with Gasteiger partial charge < -0.3 is 9.15 Å². The molecule has 2 rings (SSSR count). The second kappa shape index (κ2) is 3.77. The van der Waals surface area contributed by atoms with Crippen LogP contribution in [0.2, 0.25) is 0 Å². The summed E-state index contributed by atoms with van der Waals surface area (Å²) >= 11 is 0. The van der Waals surface area contributed by atoms with Gasteiger partial charge in [-0.15, -0.1) is 0 Å². The highest BCUT2D eigenvalue weighted by molar-refractivity contribution is 5.77. The van der Waals surface area contributed by atoms with Gasteiger partial charge in [0.15, 0.2) is 0 Å². The lowest BCUT2D eigenvalue weighted by molar-refractivity contribution is 0.242. The van der Waals surface area contributed by atoms with Crippen LogP contribution in [0.1, 0.15) is 13.8 Å². The Morgan fingerprint density at radius 2 is 2.00 bits per heavy atom. The molecule has 3 nitrogen and oxygen atoms in total. The average molecular weight is 204 g/mol. The maximum absolute atomic E-state index is 10.9. The van der Waals surface area contributed by atoms with Crippen molar-refractivity contribution in [1.82, 2.24) is 0 Å². The normalized spacial score (nSPS) is 10.9. The van der Waals surface area contributed by atoms with Crippen molar-refractivity contribution in [3.8, 4) is 5.75 Å². The van der Waals surface area contributed by atoms with Crippen LogP contribution >= 0.6 is 0 Å². The van der Waals surface area contributed by atoms with Crippen molar-refractivity contribution >= 4 is 11.0 Å². The number of hydrogen-bond donors (Lipinski definition) is 0. The first-order chi connectivity index (χ1) is 7.15. The van der Waals surface area contributed by atoms with E-state index in [-0.39, 0.29) is 11.7 Å². The van der Waals surface area contributed by atoms with Gasteiger partial charge in [-0.05, 0) is 38.1 Å². The Morgan fingerprint density at radius 3 is 2.73 bits per heavy atom. The summed E-state index contributed by atoms with van der Waals surface area (Å²) in [5, 5.41) is 0.868. The zero-order valence-corrected chi connectivity index (χ0v) is 8.69. The molecule has 0 atom stereocenters. The zero-order chi connectivity index (χ0) is 10.8. The van der Waals surface area contributed by atoms with Crippen molar-refractivity contribution in [2.45, 2.75) is 20.0 Å². The molecule has 1 aromatic heterocycles. The minimum Gasteiger partial charge on any atom is -0.491 e. The molecule has 0 amide bonds. The summed E-state index contributed by atoms with van der Waals surface area (Å²) in [6.07, 6.45) is 0.137. The van der Waals surface area contributed by atoms with Crippen molar-refractivity contribution in [1.29, 1.82) is 0 Å². The van der Waals surface area contributed by atoms with E-state index in [0.717, 1.165) is 11.1 Å². The van der Waals surface area contributed by atoms with Crippen molar-refractivity contribution in [2.75, 3.05) is 0 Å². The highest BCUT2D eigenvalue weighted by Gasteiger charge is 2.01. The molecule has 0 aliphatic heterocycles. The molecule has 0 radical (unpaired) electrons. The summed E-state index contributed by atoms with van der Waals surface area (Å²) in [7, 11) is 0. The lowest BCUT2D eigenvalue weighted by Crippen LogP contribution is -2.05. The number of hydrogen-bond acceptors (Lipinski definition) is 3. The topological polar surface area (TPSA) is 39.4 Å². The first-order valence-corrected chi connectivity index (χ1v) is 4.86.